The van der Waals surface area contributed by atoms with E-state index in [2.05, 4.69) is 13.8 Å². The fourth-order valence-corrected chi connectivity index (χ4v) is 3.11. The molecule has 2 N–H and O–H groups in total. The summed E-state index contributed by atoms with van der Waals surface area (Å²) in [5, 5.41) is 0.612. The third-order valence-corrected chi connectivity index (χ3v) is 4.05. The maximum absolute atomic E-state index is 13.2. The predicted octanol–water partition coefficient (Wildman–Crippen LogP) is 3.93. The summed E-state index contributed by atoms with van der Waals surface area (Å²) in [7, 11) is 0. The summed E-state index contributed by atoms with van der Waals surface area (Å²) >= 11 is 6.09. The lowest BCUT2D eigenvalue weighted by atomic mass is 9.85. The minimum Gasteiger partial charge on any atom is -0.325 e. The molecule has 1 aliphatic carbocycles. The first-order valence-electron chi connectivity index (χ1n) is 6.03. The Hall–Kier alpha value is -0.600. The van der Waals surface area contributed by atoms with Gasteiger partial charge in [-0.25, -0.2) is 4.39 Å². The van der Waals surface area contributed by atoms with E-state index in [9.17, 15) is 4.39 Å². The van der Waals surface area contributed by atoms with Crippen LogP contribution in [0.2, 0.25) is 5.02 Å². The monoisotopic (exact) mass is 255 g/mol. The van der Waals surface area contributed by atoms with Gasteiger partial charge in [-0.3, -0.25) is 0 Å². The fourth-order valence-electron chi connectivity index (χ4n) is 2.93. The first-order valence-corrected chi connectivity index (χ1v) is 6.40. The second-order valence-electron chi connectivity index (χ2n) is 6.12. The van der Waals surface area contributed by atoms with Crippen molar-refractivity contribution < 1.29 is 4.39 Å². The molecule has 1 nitrogen and oxygen atoms in total. The van der Waals surface area contributed by atoms with Gasteiger partial charge in [0.05, 0.1) is 0 Å². The van der Waals surface area contributed by atoms with Gasteiger partial charge in [0.2, 0.25) is 0 Å². The van der Waals surface area contributed by atoms with Crippen molar-refractivity contribution in [2.45, 2.75) is 45.1 Å². The van der Waals surface area contributed by atoms with Gasteiger partial charge in [0, 0.05) is 10.6 Å². The van der Waals surface area contributed by atoms with E-state index in [-0.39, 0.29) is 16.8 Å². The highest BCUT2D eigenvalue weighted by Gasteiger charge is 2.40. The molecule has 0 bridgehead atoms. The molecule has 0 spiro atoms. The zero-order valence-corrected chi connectivity index (χ0v) is 11.1. The summed E-state index contributed by atoms with van der Waals surface area (Å²) in [6, 6.07) is 4.49. The summed E-state index contributed by atoms with van der Waals surface area (Å²) < 4.78 is 13.2. The number of rotatable bonds is 2. The molecule has 3 heteroatoms. The average Bonchev–Trinajstić information content (AvgIpc) is 2.47. The molecule has 1 fully saturated rings. The lowest BCUT2D eigenvalue weighted by molar-refractivity contribution is 0.334. The van der Waals surface area contributed by atoms with Crippen LogP contribution in [0.3, 0.4) is 0 Å². The van der Waals surface area contributed by atoms with E-state index < -0.39 is 0 Å². The third-order valence-electron chi connectivity index (χ3n) is 3.68. The molecule has 1 aromatic rings. The molecule has 0 radical (unpaired) electrons. The Morgan fingerprint density at radius 3 is 2.65 bits per heavy atom. The highest BCUT2D eigenvalue weighted by molar-refractivity contribution is 6.31. The summed E-state index contributed by atoms with van der Waals surface area (Å²) in [4.78, 5) is 0. The van der Waals surface area contributed by atoms with E-state index in [4.69, 9.17) is 17.3 Å². The Bertz CT molecular complexity index is 430. The molecule has 94 valence electrons. The summed E-state index contributed by atoms with van der Waals surface area (Å²) in [5.41, 5.74) is 7.28. The van der Waals surface area contributed by atoms with Crippen LogP contribution in [0.1, 0.15) is 38.7 Å². The van der Waals surface area contributed by atoms with Gasteiger partial charge in [0.25, 0.3) is 0 Å². The molecule has 0 saturated heterocycles. The molecule has 1 unspecified atom stereocenters. The number of benzene rings is 1. The van der Waals surface area contributed by atoms with Gasteiger partial charge in [0.1, 0.15) is 5.82 Å². The van der Waals surface area contributed by atoms with Gasteiger partial charge < -0.3 is 5.73 Å². The molecule has 0 amide bonds. The number of halogens is 2. The highest BCUT2D eigenvalue weighted by atomic mass is 35.5. The lowest BCUT2D eigenvalue weighted by Gasteiger charge is -2.27. The van der Waals surface area contributed by atoms with Gasteiger partial charge in [-0.15, -0.1) is 0 Å². The Balaban J connectivity index is 2.18. The first-order chi connectivity index (χ1) is 7.80. The van der Waals surface area contributed by atoms with Gasteiger partial charge in [-0.05, 0) is 54.9 Å². The normalized spacial score (nSPS) is 27.4. The number of hydrogen-bond donors (Lipinski definition) is 1. The van der Waals surface area contributed by atoms with E-state index in [1.54, 1.807) is 6.07 Å². The fraction of sp³-hybridized carbons (Fsp3) is 0.571. The van der Waals surface area contributed by atoms with Gasteiger partial charge in [-0.1, -0.05) is 25.4 Å². The van der Waals surface area contributed by atoms with Crippen molar-refractivity contribution in [2.75, 3.05) is 0 Å². The lowest BCUT2D eigenvalue weighted by Crippen LogP contribution is -2.40. The molecule has 0 heterocycles. The van der Waals surface area contributed by atoms with Crippen molar-refractivity contribution in [3.05, 3.63) is 34.6 Å². The van der Waals surface area contributed by atoms with Crippen LogP contribution in [0.25, 0.3) is 0 Å². The second kappa shape index (κ2) is 4.25. The first kappa shape index (κ1) is 12.8. The van der Waals surface area contributed by atoms with Crippen LogP contribution in [-0.4, -0.2) is 5.54 Å². The quantitative estimate of drug-likeness (QED) is 0.851. The van der Waals surface area contributed by atoms with Crippen LogP contribution in [0.4, 0.5) is 4.39 Å². The number of hydrogen-bond acceptors (Lipinski definition) is 1. The van der Waals surface area contributed by atoms with E-state index in [1.807, 2.05) is 0 Å². The van der Waals surface area contributed by atoms with Crippen LogP contribution in [-0.2, 0) is 6.42 Å². The SMILES string of the molecule is CC1(C)CCC(N)(Cc2cc(F)ccc2Cl)C1. The minimum atomic E-state index is -0.245. The predicted molar refractivity (Wildman–Crippen MR) is 69.7 cm³/mol. The van der Waals surface area contributed by atoms with Gasteiger partial charge in [-0.2, -0.15) is 0 Å². The van der Waals surface area contributed by atoms with Gasteiger partial charge in [0.15, 0.2) is 0 Å². The van der Waals surface area contributed by atoms with E-state index in [1.165, 1.54) is 12.1 Å². The molecular formula is C14H19ClFN. The van der Waals surface area contributed by atoms with E-state index in [0.29, 0.717) is 11.4 Å². The van der Waals surface area contributed by atoms with Crippen LogP contribution >= 0.6 is 11.6 Å². The smallest absolute Gasteiger partial charge is 0.123 e. The summed E-state index contributed by atoms with van der Waals surface area (Å²) in [6.45, 7) is 4.46. The highest BCUT2D eigenvalue weighted by Crippen LogP contribution is 2.44. The Morgan fingerprint density at radius 2 is 2.06 bits per heavy atom. The molecular weight excluding hydrogens is 237 g/mol. The molecule has 0 aliphatic heterocycles. The van der Waals surface area contributed by atoms with Crippen molar-refractivity contribution in [1.29, 1.82) is 0 Å². The summed E-state index contributed by atoms with van der Waals surface area (Å²) in [6.07, 6.45) is 3.73. The average molecular weight is 256 g/mol. The van der Waals surface area contributed by atoms with Crippen molar-refractivity contribution >= 4 is 11.6 Å². The third kappa shape index (κ3) is 2.99. The molecule has 17 heavy (non-hydrogen) atoms. The van der Waals surface area contributed by atoms with E-state index in [0.717, 1.165) is 24.8 Å². The Morgan fingerprint density at radius 1 is 1.35 bits per heavy atom. The minimum absolute atomic E-state index is 0.235. The maximum Gasteiger partial charge on any atom is 0.123 e. The van der Waals surface area contributed by atoms with Crippen molar-refractivity contribution in [1.82, 2.24) is 0 Å². The van der Waals surface area contributed by atoms with Gasteiger partial charge >= 0.3 is 0 Å². The maximum atomic E-state index is 13.2. The molecule has 2 rings (SSSR count). The summed E-state index contributed by atoms with van der Waals surface area (Å²) in [5.74, 6) is -0.245. The van der Waals surface area contributed by atoms with Crippen LogP contribution < -0.4 is 5.73 Å². The molecule has 1 atom stereocenters. The zero-order chi connectivity index (χ0) is 12.7. The topological polar surface area (TPSA) is 26.0 Å². The largest absolute Gasteiger partial charge is 0.325 e. The van der Waals surface area contributed by atoms with Crippen LogP contribution in [0.5, 0.6) is 0 Å². The van der Waals surface area contributed by atoms with E-state index >= 15 is 0 Å². The zero-order valence-electron chi connectivity index (χ0n) is 10.4. The van der Waals surface area contributed by atoms with Crippen molar-refractivity contribution in [3.8, 4) is 0 Å². The molecule has 1 saturated carbocycles. The molecule has 1 aliphatic rings. The number of nitrogens with two attached hydrogens (primary N) is 1. The Labute approximate surface area is 107 Å². The van der Waals surface area contributed by atoms with Crippen LogP contribution in [0.15, 0.2) is 18.2 Å². The van der Waals surface area contributed by atoms with Crippen LogP contribution in [0, 0.1) is 11.2 Å². The molecule has 0 aromatic heterocycles. The van der Waals surface area contributed by atoms with Crippen molar-refractivity contribution in [2.24, 2.45) is 11.1 Å². The Kier molecular flexibility index (Phi) is 3.21. The molecule has 1 aromatic carbocycles. The van der Waals surface area contributed by atoms with Crippen molar-refractivity contribution in [3.63, 3.8) is 0 Å². The standard InChI is InChI=1S/C14H19ClFN/c1-13(2)5-6-14(17,9-13)8-10-7-11(16)3-4-12(10)15/h3-4,7H,5-6,8-9,17H2,1-2H3. The second-order valence-corrected chi connectivity index (χ2v) is 6.52.